The van der Waals surface area contributed by atoms with Gasteiger partial charge in [0.15, 0.2) is 5.69 Å². The SMILES string of the molecule is COCCNc1c([N+](=O)[O-])cc(C(=O)Cl)cc1[N+](=O)[O-]. The summed E-state index contributed by atoms with van der Waals surface area (Å²) in [6, 6.07) is 1.77. The Morgan fingerprint density at radius 1 is 1.30 bits per heavy atom. The highest BCUT2D eigenvalue weighted by Crippen LogP contribution is 2.36. The highest BCUT2D eigenvalue weighted by molar-refractivity contribution is 6.67. The van der Waals surface area contributed by atoms with Gasteiger partial charge in [-0.2, -0.15) is 0 Å². The van der Waals surface area contributed by atoms with Crippen LogP contribution in [0.15, 0.2) is 12.1 Å². The van der Waals surface area contributed by atoms with Crippen LogP contribution in [0.25, 0.3) is 0 Å². The molecule has 0 aliphatic carbocycles. The monoisotopic (exact) mass is 303 g/mol. The van der Waals surface area contributed by atoms with Crippen molar-refractivity contribution in [1.29, 1.82) is 0 Å². The van der Waals surface area contributed by atoms with Gasteiger partial charge in [-0.15, -0.1) is 0 Å². The summed E-state index contributed by atoms with van der Waals surface area (Å²) in [5.74, 6) is 0. The molecule has 0 fully saturated rings. The first-order valence-corrected chi connectivity index (χ1v) is 5.65. The molecule has 0 unspecified atom stereocenters. The number of halogens is 1. The van der Waals surface area contributed by atoms with E-state index in [0.29, 0.717) is 0 Å². The molecule has 0 radical (unpaired) electrons. The minimum atomic E-state index is -1.01. The van der Waals surface area contributed by atoms with E-state index in [1.165, 1.54) is 7.11 Å². The fourth-order valence-corrected chi connectivity index (χ4v) is 1.58. The number of nitrogens with one attached hydrogen (secondary N) is 1. The third-order valence-electron chi connectivity index (χ3n) is 2.33. The Bertz CT molecular complexity index is 527. The first kappa shape index (κ1) is 15.8. The summed E-state index contributed by atoms with van der Waals surface area (Å²) in [6.45, 7) is 0.330. The zero-order valence-electron chi connectivity index (χ0n) is 10.3. The number of rotatable bonds is 7. The van der Waals surface area contributed by atoms with Gasteiger partial charge in [0.25, 0.3) is 16.6 Å². The summed E-state index contributed by atoms with van der Waals surface area (Å²) in [7, 11) is 1.42. The summed E-state index contributed by atoms with van der Waals surface area (Å²) in [5, 5.41) is 23.5. The molecule has 9 nitrogen and oxygen atoms in total. The molecule has 0 aliphatic heterocycles. The van der Waals surface area contributed by atoms with Crippen LogP contribution in [-0.4, -0.2) is 35.4 Å². The van der Waals surface area contributed by atoms with Crippen molar-refractivity contribution in [2.75, 3.05) is 25.6 Å². The van der Waals surface area contributed by atoms with Crippen molar-refractivity contribution in [2.24, 2.45) is 0 Å². The Morgan fingerprint density at radius 3 is 2.15 bits per heavy atom. The standard InChI is InChI=1S/C10H10ClN3O6/c1-20-3-2-12-9-7(13(16)17)4-6(10(11)15)5-8(9)14(18)19/h4-5,12H,2-3H2,1H3. The molecule has 0 aromatic heterocycles. The molecular weight excluding hydrogens is 294 g/mol. The van der Waals surface area contributed by atoms with Crippen molar-refractivity contribution in [1.82, 2.24) is 0 Å². The van der Waals surface area contributed by atoms with Gasteiger partial charge in [-0.25, -0.2) is 0 Å². The minimum Gasteiger partial charge on any atom is -0.383 e. The number of nitro groups is 2. The van der Waals surface area contributed by atoms with Crippen LogP contribution in [0.5, 0.6) is 0 Å². The van der Waals surface area contributed by atoms with E-state index in [2.05, 4.69) is 5.32 Å². The summed E-state index contributed by atoms with van der Waals surface area (Å²) < 4.78 is 4.75. The normalized spacial score (nSPS) is 10.1. The van der Waals surface area contributed by atoms with Gasteiger partial charge in [0, 0.05) is 31.4 Å². The Balaban J connectivity index is 3.39. The fourth-order valence-electron chi connectivity index (χ4n) is 1.47. The van der Waals surface area contributed by atoms with E-state index in [9.17, 15) is 25.0 Å². The Morgan fingerprint density at radius 2 is 1.80 bits per heavy atom. The van der Waals surface area contributed by atoms with E-state index in [1.807, 2.05) is 0 Å². The number of methoxy groups -OCH3 is 1. The minimum absolute atomic E-state index is 0.131. The van der Waals surface area contributed by atoms with Crippen molar-refractivity contribution >= 4 is 33.9 Å². The van der Waals surface area contributed by atoms with Crippen LogP contribution in [0.4, 0.5) is 17.1 Å². The molecule has 0 heterocycles. The van der Waals surface area contributed by atoms with Crippen molar-refractivity contribution in [3.05, 3.63) is 37.9 Å². The molecule has 0 amide bonds. The third kappa shape index (κ3) is 3.62. The Hall–Kier alpha value is -2.26. The van der Waals surface area contributed by atoms with Gasteiger partial charge in [0.05, 0.1) is 16.5 Å². The van der Waals surface area contributed by atoms with Gasteiger partial charge in [0.2, 0.25) is 0 Å². The van der Waals surface area contributed by atoms with Gasteiger partial charge in [0.1, 0.15) is 0 Å². The highest BCUT2D eigenvalue weighted by Gasteiger charge is 2.27. The number of hydrogen-bond acceptors (Lipinski definition) is 7. The quantitative estimate of drug-likeness (QED) is 0.353. The summed E-state index contributed by atoms with van der Waals surface area (Å²) >= 11 is 5.21. The van der Waals surface area contributed by atoms with Crippen molar-refractivity contribution in [3.8, 4) is 0 Å². The van der Waals surface area contributed by atoms with E-state index in [0.717, 1.165) is 12.1 Å². The number of benzene rings is 1. The largest absolute Gasteiger partial charge is 0.383 e. The van der Waals surface area contributed by atoms with Crippen LogP contribution in [0.2, 0.25) is 0 Å². The summed E-state index contributed by atoms with van der Waals surface area (Å²) in [6.07, 6.45) is 0. The average molecular weight is 304 g/mol. The number of ether oxygens (including phenoxy) is 1. The molecule has 0 bridgehead atoms. The molecular formula is C10H10ClN3O6. The van der Waals surface area contributed by atoms with E-state index in [-0.39, 0.29) is 24.4 Å². The number of carbonyl (C=O) groups is 1. The molecule has 10 heteroatoms. The van der Waals surface area contributed by atoms with E-state index in [1.54, 1.807) is 0 Å². The van der Waals surface area contributed by atoms with Crippen molar-refractivity contribution in [2.45, 2.75) is 0 Å². The maximum absolute atomic E-state index is 11.0. The number of anilines is 1. The lowest BCUT2D eigenvalue weighted by atomic mass is 10.1. The van der Waals surface area contributed by atoms with E-state index in [4.69, 9.17) is 16.3 Å². The average Bonchev–Trinajstić information content (AvgIpc) is 2.37. The second-order valence-electron chi connectivity index (χ2n) is 3.60. The Labute approximate surface area is 117 Å². The maximum atomic E-state index is 11.0. The van der Waals surface area contributed by atoms with E-state index >= 15 is 0 Å². The molecule has 108 valence electrons. The molecule has 1 aromatic carbocycles. The van der Waals surface area contributed by atoms with Gasteiger partial charge in [-0.05, 0) is 11.6 Å². The third-order valence-corrected chi connectivity index (χ3v) is 2.54. The molecule has 1 N–H and O–H groups in total. The van der Waals surface area contributed by atoms with Crippen LogP contribution < -0.4 is 5.32 Å². The molecule has 0 aliphatic rings. The maximum Gasteiger partial charge on any atom is 0.300 e. The summed E-state index contributed by atoms with van der Waals surface area (Å²) in [4.78, 5) is 31.3. The van der Waals surface area contributed by atoms with Crippen LogP contribution in [0, 0.1) is 20.2 Å². The molecule has 0 saturated carbocycles. The second-order valence-corrected chi connectivity index (χ2v) is 3.94. The first-order chi connectivity index (χ1) is 9.38. The molecule has 1 aromatic rings. The lowest BCUT2D eigenvalue weighted by molar-refractivity contribution is -0.392. The molecule has 1 rings (SSSR count). The number of nitrogens with zero attached hydrogens (tertiary/aromatic N) is 2. The first-order valence-electron chi connectivity index (χ1n) is 5.28. The van der Waals surface area contributed by atoms with Crippen molar-refractivity contribution in [3.63, 3.8) is 0 Å². The highest BCUT2D eigenvalue weighted by atomic mass is 35.5. The van der Waals surface area contributed by atoms with Crippen LogP contribution in [0.1, 0.15) is 10.4 Å². The van der Waals surface area contributed by atoms with Gasteiger partial charge >= 0.3 is 0 Å². The molecule has 20 heavy (non-hydrogen) atoms. The molecule has 0 spiro atoms. The van der Waals surface area contributed by atoms with Gasteiger partial charge in [-0.1, -0.05) is 0 Å². The lowest BCUT2D eigenvalue weighted by Crippen LogP contribution is -2.11. The fraction of sp³-hybridized carbons (Fsp3) is 0.300. The van der Waals surface area contributed by atoms with Crippen LogP contribution in [0.3, 0.4) is 0 Å². The van der Waals surface area contributed by atoms with E-state index < -0.39 is 26.5 Å². The van der Waals surface area contributed by atoms with Crippen LogP contribution in [-0.2, 0) is 4.74 Å². The van der Waals surface area contributed by atoms with Gasteiger partial charge < -0.3 is 10.1 Å². The predicted molar refractivity (Wildman–Crippen MR) is 70.3 cm³/mol. The molecule has 0 atom stereocenters. The number of carbonyl (C=O) groups excluding carboxylic acids is 1. The second kappa shape index (κ2) is 6.78. The van der Waals surface area contributed by atoms with Crippen molar-refractivity contribution < 1.29 is 19.4 Å². The summed E-state index contributed by atoms with van der Waals surface area (Å²) in [5.41, 5.74) is -1.81. The Kier molecular flexibility index (Phi) is 5.35. The smallest absolute Gasteiger partial charge is 0.300 e. The zero-order chi connectivity index (χ0) is 15.3. The van der Waals surface area contributed by atoms with Gasteiger partial charge in [-0.3, -0.25) is 25.0 Å². The number of hydrogen-bond donors (Lipinski definition) is 1. The van der Waals surface area contributed by atoms with Crippen LogP contribution >= 0.6 is 11.6 Å². The zero-order valence-corrected chi connectivity index (χ0v) is 11.0. The lowest BCUT2D eigenvalue weighted by Gasteiger charge is -2.08. The predicted octanol–water partition coefficient (Wildman–Crippen LogP) is 1.94. The molecule has 0 saturated heterocycles. The topological polar surface area (TPSA) is 125 Å². The number of nitro benzene ring substituents is 2.